The van der Waals surface area contributed by atoms with Crippen LogP contribution in [0.4, 0.5) is 5.95 Å². The summed E-state index contributed by atoms with van der Waals surface area (Å²) in [7, 11) is 0. The van der Waals surface area contributed by atoms with Crippen LogP contribution in [0, 0.1) is 13.8 Å². The molecule has 0 aliphatic carbocycles. The molecule has 0 spiro atoms. The van der Waals surface area contributed by atoms with E-state index in [2.05, 4.69) is 45.2 Å². The van der Waals surface area contributed by atoms with Gasteiger partial charge in [0.1, 0.15) is 0 Å². The lowest BCUT2D eigenvalue weighted by molar-refractivity contribution is 0.512. The number of H-pyrrole nitrogens is 1. The van der Waals surface area contributed by atoms with E-state index in [0.717, 1.165) is 16.6 Å². The molecule has 0 saturated heterocycles. The van der Waals surface area contributed by atoms with Crippen LogP contribution in [-0.4, -0.2) is 26.9 Å². The lowest BCUT2D eigenvalue weighted by Gasteiger charge is -2.17. The highest BCUT2D eigenvalue weighted by atomic mass is 16.3. The van der Waals surface area contributed by atoms with E-state index in [1.54, 1.807) is 0 Å². The number of aliphatic hydroxyl groups is 1. The number of hydrogen-bond acceptors (Lipinski definition) is 4. The minimum absolute atomic E-state index is 0.0640. The zero-order valence-electron chi connectivity index (χ0n) is 14.1. The number of nitrogens with zero attached hydrogens (tertiary/aromatic N) is 3. The number of rotatable bonds is 2. The number of nitrogens with one attached hydrogen (secondary N) is 2. The summed E-state index contributed by atoms with van der Waals surface area (Å²) in [6.45, 7) is 4.13. The minimum Gasteiger partial charge on any atom is -0.496 e. The van der Waals surface area contributed by atoms with Crippen LogP contribution in [0.2, 0.25) is 0 Å². The number of aryl methyl sites for hydroxylation is 2. The Labute approximate surface area is 145 Å². The van der Waals surface area contributed by atoms with Crippen LogP contribution >= 0.6 is 0 Å². The summed E-state index contributed by atoms with van der Waals surface area (Å²) in [5.41, 5.74) is 5.28. The molecule has 3 aromatic rings. The summed E-state index contributed by atoms with van der Waals surface area (Å²) in [4.78, 5) is 16.5. The van der Waals surface area contributed by atoms with Gasteiger partial charge in [0.25, 0.3) is 0 Å². The van der Waals surface area contributed by atoms with Crippen LogP contribution in [0.3, 0.4) is 0 Å². The van der Waals surface area contributed by atoms with Crippen molar-refractivity contribution in [2.75, 3.05) is 5.32 Å². The zero-order chi connectivity index (χ0) is 17.4. The Morgan fingerprint density at radius 2 is 1.88 bits per heavy atom. The van der Waals surface area contributed by atoms with Gasteiger partial charge in [0, 0.05) is 0 Å². The normalized spacial score (nSPS) is 17.3. The van der Waals surface area contributed by atoms with Gasteiger partial charge >= 0.3 is 0 Å². The summed E-state index contributed by atoms with van der Waals surface area (Å²) in [6.07, 6.45) is 0.397. The molecule has 6 heteroatoms. The van der Waals surface area contributed by atoms with Crippen molar-refractivity contribution in [2.24, 2.45) is 9.98 Å². The molecule has 1 aliphatic heterocycles. The third-order valence-corrected chi connectivity index (χ3v) is 4.40. The molecule has 0 amide bonds. The number of imidazole rings is 1. The molecule has 1 aromatic heterocycles. The maximum absolute atomic E-state index is 10.0. The van der Waals surface area contributed by atoms with Crippen molar-refractivity contribution in [1.82, 2.24) is 9.97 Å². The molecule has 1 atom stereocenters. The van der Waals surface area contributed by atoms with E-state index in [9.17, 15) is 5.11 Å². The number of fused-ring (bicyclic) bond motifs is 1. The number of aromatic amines is 1. The van der Waals surface area contributed by atoms with Gasteiger partial charge in [0.05, 0.1) is 23.5 Å². The van der Waals surface area contributed by atoms with E-state index >= 15 is 0 Å². The molecule has 0 bridgehead atoms. The minimum atomic E-state index is -0.157. The lowest BCUT2D eigenvalue weighted by Crippen LogP contribution is -2.21. The fourth-order valence-corrected chi connectivity index (χ4v) is 2.93. The second kappa shape index (κ2) is 6.05. The van der Waals surface area contributed by atoms with Gasteiger partial charge in [-0.3, -0.25) is 5.32 Å². The van der Waals surface area contributed by atoms with Gasteiger partial charge in [0.15, 0.2) is 5.90 Å². The van der Waals surface area contributed by atoms with E-state index in [0.29, 0.717) is 18.3 Å². The molecule has 2 aromatic carbocycles. The molecule has 2 heterocycles. The fourth-order valence-electron chi connectivity index (χ4n) is 2.93. The van der Waals surface area contributed by atoms with Crippen molar-refractivity contribution in [1.29, 1.82) is 0 Å². The number of guanidine groups is 1. The average molecular weight is 333 g/mol. The summed E-state index contributed by atoms with van der Waals surface area (Å²) < 4.78 is 0. The fraction of sp³-hybridized carbons (Fsp3) is 0.211. The second-order valence-corrected chi connectivity index (χ2v) is 6.28. The highest BCUT2D eigenvalue weighted by Gasteiger charge is 2.20. The van der Waals surface area contributed by atoms with Crippen LogP contribution in [0.15, 0.2) is 52.4 Å². The van der Waals surface area contributed by atoms with Gasteiger partial charge in [-0.05, 0) is 42.7 Å². The number of aromatic nitrogens is 2. The summed E-state index contributed by atoms with van der Waals surface area (Å²) in [6, 6.07) is 13.8. The first-order valence-electron chi connectivity index (χ1n) is 8.22. The van der Waals surface area contributed by atoms with Crippen LogP contribution in [-0.2, 0) is 0 Å². The molecule has 25 heavy (non-hydrogen) atoms. The van der Waals surface area contributed by atoms with Crippen molar-refractivity contribution in [3.63, 3.8) is 0 Å². The maximum atomic E-state index is 10.0. The van der Waals surface area contributed by atoms with Gasteiger partial charge in [-0.1, -0.05) is 30.3 Å². The SMILES string of the molecule is Cc1cc2nc(NC3=NC(c4ccccc4)CC(O)=N3)[nH]c2cc1C. The Balaban J connectivity index is 1.63. The Kier molecular flexibility index (Phi) is 3.72. The zero-order valence-corrected chi connectivity index (χ0v) is 14.1. The largest absolute Gasteiger partial charge is 0.496 e. The van der Waals surface area contributed by atoms with E-state index < -0.39 is 0 Å². The topological polar surface area (TPSA) is 85.7 Å². The number of aliphatic imine (C=N–C) groups is 2. The summed E-state index contributed by atoms with van der Waals surface area (Å²) >= 11 is 0. The van der Waals surface area contributed by atoms with Crippen molar-refractivity contribution in [3.05, 3.63) is 59.2 Å². The van der Waals surface area contributed by atoms with Crippen LogP contribution < -0.4 is 5.32 Å². The molecule has 6 nitrogen and oxygen atoms in total. The first kappa shape index (κ1) is 15.4. The predicted molar refractivity (Wildman–Crippen MR) is 100 cm³/mol. The number of aliphatic hydroxyl groups excluding tert-OH is 1. The van der Waals surface area contributed by atoms with Gasteiger partial charge in [-0.25, -0.2) is 9.98 Å². The van der Waals surface area contributed by atoms with Crippen molar-refractivity contribution >= 4 is 28.8 Å². The smallest absolute Gasteiger partial charge is 0.228 e. The number of benzene rings is 2. The molecule has 0 saturated carbocycles. The van der Waals surface area contributed by atoms with Gasteiger partial charge in [0.2, 0.25) is 11.9 Å². The Hall–Kier alpha value is -3.15. The highest BCUT2D eigenvalue weighted by molar-refractivity contribution is 6.02. The van der Waals surface area contributed by atoms with Gasteiger partial charge < -0.3 is 10.1 Å². The third-order valence-electron chi connectivity index (χ3n) is 4.40. The third kappa shape index (κ3) is 3.10. The summed E-state index contributed by atoms with van der Waals surface area (Å²) in [5.74, 6) is 0.975. The lowest BCUT2D eigenvalue weighted by atomic mass is 10.0. The first-order chi connectivity index (χ1) is 12.1. The van der Waals surface area contributed by atoms with Crippen LogP contribution in [0.25, 0.3) is 11.0 Å². The molecule has 4 rings (SSSR count). The second-order valence-electron chi connectivity index (χ2n) is 6.28. The van der Waals surface area contributed by atoms with Crippen molar-refractivity contribution in [3.8, 4) is 0 Å². The van der Waals surface area contributed by atoms with Crippen molar-refractivity contribution in [2.45, 2.75) is 26.3 Å². The highest BCUT2D eigenvalue weighted by Crippen LogP contribution is 2.25. The maximum Gasteiger partial charge on any atom is 0.228 e. The van der Waals surface area contributed by atoms with Gasteiger partial charge in [-0.15, -0.1) is 0 Å². The molecule has 1 unspecified atom stereocenters. The summed E-state index contributed by atoms with van der Waals surface area (Å²) in [5, 5.41) is 13.1. The van der Waals surface area contributed by atoms with E-state index in [-0.39, 0.29) is 11.9 Å². The molecule has 1 aliphatic rings. The predicted octanol–water partition coefficient (Wildman–Crippen LogP) is 4.05. The van der Waals surface area contributed by atoms with Crippen molar-refractivity contribution < 1.29 is 5.11 Å². The quantitative estimate of drug-likeness (QED) is 0.661. The molecule has 0 fully saturated rings. The standard InChI is InChI=1S/C19H19N5O/c1-11-8-15-16(9-12(11)2)22-18(21-15)24-19-20-14(10-17(25)23-19)13-6-4-3-5-7-13/h3-9,14H,10H2,1-2H3,(H3,20,21,22,23,24,25). The molecule has 126 valence electrons. The monoisotopic (exact) mass is 333 g/mol. The van der Waals surface area contributed by atoms with E-state index in [1.165, 1.54) is 11.1 Å². The van der Waals surface area contributed by atoms with Crippen LogP contribution in [0.1, 0.15) is 29.2 Å². The Bertz CT molecular complexity index is 949. The Morgan fingerprint density at radius 1 is 1.12 bits per heavy atom. The van der Waals surface area contributed by atoms with Crippen LogP contribution in [0.5, 0.6) is 0 Å². The van der Waals surface area contributed by atoms with Gasteiger partial charge in [-0.2, -0.15) is 4.99 Å². The van der Waals surface area contributed by atoms with E-state index in [1.807, 2.05) is 36.4 Å². The molecule has 0 radical (unpaired) electrons. The van der Waals surface area contributed by atoms with E-state index in [4.69, 9.17) is 0 Å². The average Bonchev–Trinajstić information content (AvgIpc) is 2.96. The number of anilines is 1. The molecular weight excluding hydrogens is 314 g/mol. The number of hydrogen-bond donors (Lipinski definition) is 3. The molecular formula is C19H19N5O. The molecule has 3 N–H and O–H groups in total. The first-order valence-corrected chi connectivity index (χ1v) is 8.22. The Morgan fingerprint density at radius 3 is 2.68 bits per heavy atom.